The smallest absolute Gasteiger partial charge is 0.306 e. The fourth-order valence-electron chi connectivity index (χ4n) is 3.04. The van der Waals surface area contributed by atoms with Crippen molar-refractivity contribution in [2.45, 2.75) is 13.1 Å². The molecule has 0 unspecified atom stereocenters. The first kappa shape index (κ1) is 23.7. The molecule has 0 aromatic heterocycles. The van der Waals surface area contributed by atoms with Crippen LogP contribution in [-0.4, -0.2) is 30.4 Å². The normalized spacial score (nSPS) is 11.3. The Balaban J connectivity index is 1.77. The highest BCUT2D eigenvalue weighted by molar-refractivity contribution is 7.86. The molecule has 9 heteroatoms. The number of carbonyl (C=O) groups excluding carboxylic acids is 1. The molecule has 8 nitrogen and oxygen atoms in total. The third-order valence-corrected chi connectivity index (χ3v) is 5.09. The minimum Gasteiger partial charge on any atom is -0.383 e. The van der Waals surface area contributed by atoms with Gasteiger partial charge in [0.25, 0.3) is 5.69 Å². The van der Waals surface area contributed by atoms with Crippen LogP contribution in [0.15, 0.2) is 84.9 Å². The lowest BCUT2D eigenvalue weighted by Crippen LogP contribution is -2.28. The van der Waals surface area contributed by atoms with Crippen LogP contribution in [0.4, 0.5) is 5.69 Å². The third kappa shape index (κ3) is 7.58. The predicted molar refractivity (Wildman–Crippen MR) is 125 cm³/mol. The summed E-state index contributed by atoms with van der Waals surface area (Å²) in [5, 5.41) is 10.8. The molecule has 0 saturated heterocycles. The summed E-state index contributed by atoms with van der Waals surface area (Å²) in [5.74, 6) is -0.0473. The Morgan fingerprint density at radius 1 is 0.939 bits per heavy atom. The first-order chi connectivity index (χ1) is 15.7. The molecule has 33 heavy (non-hydrogen) atoms. The summed E-state index contributed by atoms with van der Waals surface area (Å²) in [5.41, 5.74) is 2.39. The summed E-state index contributed by atoms with van der Waals surface area (Å²) in [6, 6.07) is 21.9. The van der Waals surface area contributed by atoms with E-state index < -0.39 is 15.0 Å². The highest BCUT2D eigenvalue weighted by atomic mass is 32.2. The molecule has 0 N–H and O–H groups in total. The second-order valence-corrected chi connectivity index (χ2v) is 8.87. The van der Waals surface area contributed by atoms with Gasteiger partial charge in [-0.1, -0.05) is 42.5 Å². The summed E-state index contributed by atoms with van der Waals surface area (Å²) >= 11 is 0. The first-order valence-corrected chi connectivity index (χ1v) is 11.7. The van der Waals surface area contributed by atoms with Crippen molar-refractivity contribution in [2.75, 3.05) is 6.26 Å². The molecule has 3 rings (SSSR count). The maximum absolute atomic E-state index is 13.0. The fourth-order valence-corrected chi connectivity index (χ4v) is 3.50. The Kier molecular flexibility index (Phi) is 7.57. The molecule has 0 aliphatic heterocycles. The van der Waals surface area contributed by atoms with Crippen molar-refractivity contribution in [3.8, 4) is 5.75 Å². The van der Waals surface area contributed by atoms with Crippen molar-refractivity contribution in [3.05, 3.63) is 112 Å². The molecule has 0 aliphatic rings. The summed E-state index contributed by atoms with van der Waals surface area (Å²) in [6.45, 7) is 0.656. The van der Waals surface area contributed by atoms with Crippen LogP contribution in [-0.2, 0) is 28.0 Å². The van der Waals surface area contributed by atoms with E-state index in [1.165, 1.54) is 30.3 Å². The molecule has 0 fully saturated rings. The van der Waals surface area contributed by atoms with Crippen LogP contribution >= 0.6 is 0 Å². The van der Waals surface area contributed by atoms with E-state index in [1.807, 2.05) is 30.3 Å². The van der Waals surface area contributed by atoms with Gasteiger partial charge in [-0.15, -0.1) is 0 Å². The van der Waals surface area contributed by atoms with Gasteiger partial charge >= 0.3 is 10.1 Å². The number of nitrogens with zero attached hydrogens (tertiary/aromatic N) is 2. The van der Waals surface area contributed by atoms with Gasteiger partial charge in [0.2, 0.25) is 5.91 Å². The first-order valence-electron chi connectivity index (χ1n) is 9.93. The van der Waals surface area contributed by atoms with Crippen molar-refractivity contribution in [1.82, 2.24) is 4.90 Å². The second-order valence-electron chi connectivity index (χ2n) is 7.29. The van der Waals surface area contributed by atoms with Crippen molar-refractivity contribution < 1.29 is 22.3 Å². The van der Waals surface area contributed by atoms with E-state index in [1.54, 1.807) is 35.2 Å². The molecule has 1 amide bonds. The van der Waals surface area contributed by atoms with Crippen LogP contribution < -0.4 is 4.18 Å². The minimum atomic E-state index is -3.62. The Morgan fingerprint density at radius 3 is 2.06 bits per heavy atom. The van der Waals surface area contributed by atoms with E-state index in [-0.39, 0.29) is 23.9 Å². The fraction of sp³-hybridized carbons (Fsp3) is 0.125. The van der Waals surface area contributed by atoms with Gasteiger partial charge in [0.1, 0.15) is 5.75 Å². The summed E-state index contributed by atoms with van der Waals surface area (Å²) in [4.78, 5) is 24.9. The average molecular weight is 467 g/mol. The Labute approximate surface area is 192 Å². The Morgan fingerprint density at radius 2 is 1.52 bits per heavy atom. The Bertz CT molecular complexity index is 1240. The van der Waals surface area contributed by atoms with Crippen LogP contribution in [0.1, 0.15) is 16.7 Å². The lowest BCUT2D eigenvalue weighted by molar-refractivity contribution is -0.384. The van der Waals surface area contributed by atoms with E-state index in [0.29, 0.717) is 12.1 Å². The molecule has 0 saturated carbocycles. The standard InChI is InChI=1S/C24H22N2O6S/c1-33(30,31)32-23-14-9-21(10-15-23)18-25(17-20-5-3-2-4-6-20)24(27)16-11-19-7-12-22(13-8-19)26(28)29/h2-16H,17-18H2,1H3. The van der Waals surface area contributed by atoms with Gasteiger partial charge < -0.3 is 9.08 Å². The van der Waals surface area contributed by atoms with Gasteiger partial charge in [-0.05, 0) is 47.0 Å². The van der Waals surface area contributed by atoms with E-state index in [9.17, 15) is 23.3 Å². The van der Waals surface area contributed by atoms with Crippen molar-refractivity contribution in [1.29, 1.82) is 0 Å². The molecular weight excluding hydrogens is 444 g/mol. The van der Waals surface area contributed by atoms with Gasteiger partial charge in [0, 0.05) is 31.3 Å². The van der Waals surface area contributed by atoms with E-state index in [4.69, 9.17) is 4.18 Å². The lowest BCUT2D eigenvalue weighted by atomic mass is 10.1. The summed E-state index contributed by atoms with van der Waals surface area (Å²) in [6.07, 6.45) is 4.00. The number of non-ortho nitro benzene ring substituents is 1. The molecule has 0 atom stereocenters. The zero-order chi connectivity index (χ0) is 23.8. The topological polar surface area (TPSA) is 107 Å². The van der Waals surface area contributed by atoms with Crippen molar-refractivity contribution >= 4 is 27.8 Å². The molecule has 3 aromatic carbocycles. The largest absolute Gasteiger partial charge is 0.383 e. The van der Waals surface area contributed by atoms with Crippen molar-refractivity contribution in [3.63, 3.8) is 0 Å². The number of benzene rings is 3. The summed E-state index contributed by atoms with van der Waals surface area (Å²) in [7, 11) is -3.62. The average Bonchev–Trinajstić information content (AvgIpc) is 2.78. The number of nitro groups is 1. The maximum Gasteiger partial charge on any atom is 0.306 e. The van der Waals surface area contributed by atoms with E-state index in [2.05, 4.69) is 0 Å². The van der Waals surface area contributed by atoms with Crippen LogP contribution in [0.25, 0.3) is 6.08 Å². The zero-order valence-corrected chi connectivity index (χ0v) is 18.6. The van der Waals surface area contributed by atoms with Gasteiger partial charge in [0.15, 0.2) is 0 Å². The minimum absolute atomic E-state index is 0.0209. The van der Waals surface area contributed by atoms with Crippen LogP contribution in [0.2, 0.25) is 0 Å². The quantitative estimate of drug-likeness (QED) is 0.203. The Hall–Kier alpha value is -3.98. The van der Waals surface area contributed by atoms with Crippen LogP contribution in [0, 0.1) is 10.1 Å². The predicted octanol–water partition coefficient (Wildman–Crippen LogP) is 4.18. The number of carbonyl (C=O) groups is 1. The molecule has 0 aliphatic carbocycles. The van der Waals surface area contributed by atoms with Gasteiger partial charge in [-0.25, -0.2) is 0 Å². The number of amides is 1. The molecule has 3 aromatic rings. The van der Waals surface area contributed by atoms with Gasteiger partial charge in [-0.2, -0.15) is 8.42 Å². The van der Waals surface area contributed by atoms with Crippen LogP contribution in [0.3, 0.4) is 0 Å². The molecule has 0 spiro atoms. The highest BCUT2D eigenvalue weighted by Gasteiger charge is 2.13. The number of rotatable bonds is 9. The van der Waals surface area contributed by atoms with E-state index >= 15 is 0 Å². The maximum atomic E-state index is 13.0. The SMILES string of the molecule is CS(=O)(=O)Oc1ccc(CN(Cc2ccccc2)C(=O)C=Cc2ccc([N+](=O)[O-])cc2)cc1. The molecular formula is C24H22N2O6S. The van der Waals surface area contributed by atoms with Crippen LogP contribution in [0.5, 0.6) is 5.75 Å². The van der Waals surface area contributed by atoms with Gasteiger partial charge in [0.05, 0.1) is 11.2 Å². The van der Waals surface area contributed by atoms with Gasteiger partial charge in [-0.3, -0.25) is 14.9 Å². The zero-order valence-electron chi connectivity index (χ0n) is 17.8. The second kappa shape index (κ2) is 10.6. The molecule has 0 heterocycles. The monoisotopic (exact) mass is 466 g/mol. The van der Waals surface area contributed by atoms with Crippen molar-refractivity contribution in [2.24, 2.45) is 0 Å². The number of hydrogen-bond acceptors (Lipinski definition) is 6. The number of hydrogen-bond donors (Lipinski definition) is 0. The summed E-state index contributed by atoms with van der Waals surface area (Å²) < 4.78 is 27.4. The van der Waals surface area contributed by atoms with E-state index in [0.717, 1.165) is 17.4 Å². The number of nitro benzene ring substituents is 1. The highest BCUT2D eigenvalue weighted by Crippen LogP contribution is 2.18. The molecule has 170 valence electrons. The molecule has 0 radical (unpaired) electrons. The molecule has 0 bridgehead atoms. The third-order valence-electron chi connectivity index (χ3n) is 4.59. The lowest BCUT2D eigenvalue weighted by Gasteiger charge is -2.22.